The van der Waals surface area contributed by atoms with Gasteiger partial charge in [-0.2, -0.15) is 5.26 Å². The van der Waals surface area contributed by atoms with E-state index < -0.39 is 0 Å². The van der Waals surface area contributed by atoms with Crippen LogP contribution in [0.3, 0.4) is 0 Å². The lowest BCUT2D eigenvalue weighted by Gasteiger charge is -2.32. The Bertz CT molecular complexity index is 1240. The van der Waals surface area contributed by atoms with Gasteiger partial charge >= 0.3 is 0 Å². The van der Waals surface area contributed by atoms with E-state index in [1.54, 1.807) is 23.4 Å². The van der Waals surface area contributed by atoms with Crippen molar-refractivity contribution in [2.75, 3.05) is 24.5 Å². The number of carbonyl (C=O) groups is 1. The number of benzene rings is 1. The summed E-state index contributed by atoms with van der Waals surface area (Å²) in [5, 5.41) is 9.64. The number of nitriles is 1. The number of thioether (sulfide) groups is 1. The predicted molar refractivity (Wildman–Crippen MR) is 142 cm³/mol. The summed E-state index contributed by atoms with van der Waals surface area (Å²) in [5.41, 5.74) is 2.42. The van der Waals surface area contributed by atoms with E-state index in [1.807, 2.05) is 24.3 Å². The largest absolute Gasteiger partial charge is 0.357 e. The molecule has 1 aromatic carbocycles. The summed E-state index contributed by atoms with van der Waals surface area (Å²) >= 11 is 6.83. The SMILES string of the molecule is Cc1c(/C=C2/SC(=S)N(CCCc3ccccc3)C2=O)c(N2CCCCC2)n(C)c(=O)c1C#N. The van der Waals surface area contributed by atoms with Crippen molar-refractivity contribution >= 4 is 46.1 Å². The fourth-order valence-corrected chi connectivity index (χ4v) is 5.90. The molecule has 0 aliphatic carbocycles. The van der Waals surface area contributed by atoms with Crippen LogP contribution in [-0.2, 0) is 18.3 Å². The van der Waals surface area contributed by atoms with Gasteiger partial charge in [0.05, 0.1) is 4.91 Å². The number of pyridine rings is 1. The van der Waals surface area contributed by atoms with E-state index in [1.165, 1.54) is 17.3 Å². The van der Waals surface area contributed by atoms with Gasteiger partial charge in [0, 0.05) is 32.2 Å². The number of thiocarbonyl (C=S) groups is 1. The quantitative estimate of drug-likeness (QED) is 0.440. The molecule has 3 heterocycles. The number of piperidine rings is 1. The first-order chi connectivity index (χ1) is 16.4. The van der Waals surface area contributed by atoms with Gasteiger partial charge in [-0.1, -0.05) is 54.3 Å². The zero-order valence-electron chi connectivity index (χ0n) is 19.5. The van der Waals surface area contributed by atoms with Crippen LogP contribution in [0.2, 0.25) is 0 Å². The van der Waals surface area contributed by atoms with Gasteiger partial charge in [-0.05, 0) is 56.2 Å². The Kier molecular flexibility index (Phi) is 7.54. The van der Waals surface area contributed by atoms with E-state index in [-0.39, 0.29) is 17.0 Å². The van der Waals surface area contributed by atoms with Crippen LogP contribution in [0, 0.1) is 18.3 Å². The van der Waals surface area contributed by atoms with Crippen LogP contribution in [0.1, 0.15) is 47.9 Å². The Hall–Kier alpha value is -2.89. The Balaban J connectivity index is 1.64. The van der Waals surface area contributed by atoms with Gasteiger partial charge in [0.15, 0.2) is 0 Å². The Morgan fingerprint density at radius 2 is 1.85 bits per heavy atom. The molecule has 2 saturated heterocycles. The molecule has 2 fully saturated rings. The molecule has 0 radical (unpaired) electrons. The molecule has 2 aliphatic heterocycles. The first-order valence-electron chi connectivity index (χ1n) is 11.6. The van der Waals surface area contributed by atoms with Crippen molar-refractivity contribution < 1.29 is 4.79 Å². The normalized spacial score (nSPS) is 17.5. The molecule has 2 aromatic rings. The number of amides is 1. The first kappa shape index (κ1) is 24.2. The molecular weight excluding hydrogens is 464 g/mol. The molecule has 0 unspecified atom stereocenters. The second-order valence-electron chi connectivity index (χ2n) is 8.68. The molecule has 0 atom stereocenters. The Labute approximate surface area is 209 Å². The number of anilines is 1. The van der Waals surface area contributed by atoms with Gasteiger partial charge in [0.2, 0.25) is 0 Å². The van der Waals surface area contributed by atoms with E-state index in [0.717, 1.165) is 56.6 Å². The molecule has 0 saturated carbocycles. The summed E-state index contributed by atoms with van der Waals surface area (Å²) in [6.07, 6.45) is 6.79. The van der Waals surface area contributed by atoms with Crippen molar-refractivity contribution in [1.29, 1.82) is 5.26 Å². The maximum atomic E-state index is 13.3. The fourth-order valence-electron chi connectivity index (χ4n) is 4.61. The van der Waals surface area contributed by atoms with Gasteiger partial charge in [0.1, 0.15) is 21.8 Å². The van der Waals surface area contributed by atoms with Crippen LogP contribution >= 0.6 is 24.0 Å². The minimum absolute atomic E-state index is 0.112. The van der Waals surface area contributed by atoms with Crippen molar-refractivity contribution in [2.24, 2.45) is 7.05 Å². The third kappa shape index (κ3) is 4.82. The van der Waals surface area contributed by atoms with Crippen LogP contribution in [0.4, 0.5) is 5.82 Å². The van der Waals surface area contributed by atoms with Crippen molar-refractivity contribution in [1.82, 2.24) is 9.47 Å². The molecule has 2 aliphatic rings. The highest BCUT2D eigenvalue weighted by atomic mass is 32.2. The average Bonchev–Trinajstić information content (AvgIpc) is 3.11. The maximum Gasteiger partial charge on any atom is 0.270 e. The topological polar surface area (TPSA) is 69.3 Å². The summed E-state index contributed by atoms with van der Waals surface area (Å²) in [4.78, 5) is 30.5. The van der Waals surface area contributed by atoms with E-state index in [4.69, 9.17) is 12.2 Å². The lowest BCUT2D eigenvalue weighted by molar-refractivity contribution is -0.122. The standard InChI is InChI=1S/C26H28N4O2S2/c1-18-20(23(29-13-7-4-8-14-29)28(2)24(31)21(18)17-27)16-22-25(32)30(26(33)34-22)15-9-12-19-10-5-3-6-11-19/h3,5-6,10-11,16H,4,7-9,12-15H2,1-2H3/b22-16+. The number of aryl methyl sites for hydroxylation is 1. The van der Waals surface area contributed by atoms with E-state index in [2.05, 4.69) is 23.1 Å². The third-order valence-electron chi connectivity index (χ3n) is 6.46. The molecule has 34 heavy (non-hydrogen) atoms. The number of hydrogen-bond acceptors (Lipinski definition) is 6. The molecule has 6 nitrogen and oxygen atoms in total. The van der Waals surface area contributed by atoms with E-state index in [0.29, 0.717) is 21.3 Å². The molecule has 0 N–H and O–H groups in total. The third-order valence-corrected chi connectivity index (χ3v) is 7.84. The molecule has 0 spiro atoms. The molecule has 0 bridgehead atoms. The second-order valence-corrected chi connectivity index (χ2v) is 10.4. The summed E-state index contributed by atoms with van der Waals surface area (Å²) in [7, 11) is 1.71. The van der Waals surface area contributed by atoms with Crippen molar-refractivity contribution in [3.63, 3.8) is 0 Å². The van der Waals surface area contributed by atoms with Gasteiger partial charge in [-0.15, -0.1) is 0 Å². The van der Waals surface area contributed by atoms with Gasteiger partial charge < -0.3 is 4.90 Å². The Morgan fingerprint density at radius 3 is 2.53 bits per heavy atom. The van der Waals surface area contributed by atoms with Crippen LogP contribution in [-0.4, -0.2) is 39.3 Å². The maximum absolute atomic E-state index is 13.3. The number of hydrogen-bond donors (Lipinski definition) is 0. The predicted octanol–water partition coefficient (Wildman–Crippen LogP) is 4.39. The average molecular weight is 493 g/mol. The molecule has 176 valence electrons. The highest BCUT2D eigenvalue weighted by Gasteiger charge is 2.33. The summed E-state index contributed by atoms with van der Waals surface area (Å²) in [6.45, 7) is 4.05. The lowest BCUT2D eigenvalue weighted by Crippen LogP contribution is -2.36. The van der Waals surface area contributed by atoms with Gasteiger partial charge in [-0.25, -0.2) is 0 Å². The zero-order valence-corrected chi connectivity index (χ0v) is 21.2. The molecular formula is C26H28N4O2S2. The zero-order chi connectivity index (χ0) is 24.2. The van der Waals surface area contributed by atoms with Crippen LogP contribution in [0.5, 0.6) is 0 Å². The van der Waals surface area contributed by atoms with Crippen molar-refractivity contribution in [2.45, 2.75) is 39.0 Å². The van der Waals surface area contributed by atoms with Crippen molar-refractivity contribution in [3.8, 4) is 6.07 Å². The van der Waals surface area contributed by atoms with E-state index in [9.17, 15) is 14.9 Å². The number of carbonyl (C=O) groups excluding carboxylic acids is 1. The molecule has 8 heteroatoms. The summed E-state index contributed by atoms with van der Waals surface area (Å²) < 4.78 is 2.11. The molecule has 1 amide bonds. The van der Waals surface area contributed by atoms with Crippen LogP contribution in [0.15, 0.2) is 40.0 Å². The second kappa shape index (κ2) is 10.6. The van der Waals surface area contributed by atoms with E-state index >= 15 is 0 Å². The molecule has 1 aromatic heterocycles. The Morgan fingerprint density at radius 1 is 1.15 bits per heavy atom. The smallest absolute Gasteiger partial charge is 0.270 e. The summed E-state index contributed by atoms with van der Waals surface area (Å²) in [6, 6.07) is 12.3. The summed E-state index contributed by atoms with van der Waals surface area (Å²) in [5.74, 6) is 0.662. The first-order valence-corrected chi connectivity index (χ1v) is 12.8. The van der Waals surface area contributed by atoms with Crippen LogP contribution < -0.4 is 10.5 Å². The van der Waals surface area contributed by atoms with Crippen LogP contribution in [0.25, 0.3) is 6.08 Å². The minimum atomic E-state index is -0.300. The lowest BCUT2D eigenvalue weighted by atomic mass is 10.0. The fraction of sp³-hybridized carbons (Fsp3) is 0.385. The van der Waals surface area contributed by atoms with Gasteiger partial charge in [0.25, 0.3) is 11.5 Å². The van der Waals surface area contributed by atoms with Crippen molar-refractivity contribution in [3.05, 3.63) is 67.8 Å². The minimum Gasteiger partial charge on any atom is -0.357 e. The number of aromatic nitrogens is 1. The number of rotatable bonds is 6. The molecule has 4 rings (SSSR count). The number of nitrogens with zero attached hydrogens (tertiary/aromatic N) is 4. The highest BCUT2D eigenvalue weighted by molar-refractivity contribution is 8.26. The highest BCUT2D eigenvalue weighted by Crippen LogP contribution is 2.36. The monoisotopic (exact) mass is 492 g/mol. The van der Waals surface area contributed by atoms with Gasteiger partial charge in [-0.3, -0.25) is 19.1 Å².